The molecule has 3 aromatic rings. The van der Waals surface area contributed by atoms with Gasteiger partial charge in [0, 0.05) is 35.1 Å². The molecule has 3 aromatic carbocycles. The zero-order valence-corrected chi connectivity index (χ0v) is 22.4. The molecular weight excluding hydrogens is 540 g/mol. The van der Waals surface area contributed by atoms with Crippen LogP contribution in [0.5, 0.6) is 0 Å². The van der Waals surface area contributed by atoms with Crippen LogP contribution in [0, 0.1) is 16.7 Å². The first-order valence-corrected chi connectivity index (χ1v) is 13.3. The number of ketones is 2. The van der Waals surface area contributed by atoms with Crippen LogP contribution < -0.4 is 5.73 Å². The Morgan fingerprint density at radius 2 is 1.74 bits per heavy atom. The molecule has 0 unspecified atom stereocenters. The predicted molar refractivity (Wildman–Crippen MR) is 154 cm³/mol. The quantitative estimate of drug-likeness (QED) is 0.227. The number of rotatable bonds is 4. The number of aldehydes is 1. The van der Waals surface area contributed by atoms with E-state index in [1.807, 2.05) is 12.1 Å². The van der Waals surface area contributed by atoms with Gasteiger partial charge in [0.15, 0.2) is 17.7 Å². The summed E-state index contributed by atoms with van der Waals surface area (Å²) in [7, 11) is 0. The van der Waals surface area contributed by atoms with Gasteiger partial charge in [-0.1, -0.05) is 56.0 Å². The molecule has 3 aliphatic rings. The van der Waals surface area contributed by atoms with Crippen molar-refractivity contribution < 1.29 is 34.8 Å². The number of aliphatic hydroxyl groups excluding tert-OH is 3. The molecule has 0 bridgehead atoms. The van der Waals surface area contributed by atoms with Crippen molar-refractivity contribution in [1.29, 1.82) is 0 Å². The smallest absolute Gasteiger partial charge is 0.202 e. The lowest BCUT2D eigenvalue weighted by atomic mass is 9.55. The second-order valence-electron chi connectivity index (χ2n) is 11.0. The summed E-state index contributed by atoms with van der Waals surface area (Å²) in [6.45, 7) is 5.15. The van der Waals surface area contributed by atoms with Crippen molar-refractivity contribution in [3.8, 4) is 11.1 Å². The van der Waals surface area contributed by atoms with Gasteiger partial charge < -0.3 is 26.2 Å². The van der Waals surface area contributed by atoms with Crippen LogP contribution in [0.15, 0.2) is 82.9 Å². The zero-order valence-electron chi connectivity index (χ0n) is 22.4. The summed E-state index contributed by atoms with van der Waals surface area (Å²) < 4.78 is 0. The highest BCUT2D eigenvalue weighted by atomic mass is 16.4. The Bertz CT molecular complexity index is 1850. The standard InChI is InChI=1S/C32H26N2O8/c1-13-23-19(18-8-7-15(12-35)16-5-3-4-6-17(16)18)9-10-21(34-42)26(23)29(38)27-24(13)28(37)20-11-22(36)25(14(2)33)30(39)32(20,41)31(27)40/h3-10,12-13,20,24,28,37-39,41H,2,11,33H2,1H3/t13-,20+,24+,28+,32+/m0/s1. The number of nitrogens with two attached hydrogens (primary N) is 1. The van der Waals surface area contributed by atoms with E-state index in [0.717, 1.165) is 11.7 Å². The fraction of sp³-hybridized carbons (Fsp3) is 0.219. The average Bonchev–Trinajstić information content (AvgIpc) is 2.97. The largest absolute Gasteiger partial charge is 0.508 e. The SMILES string of the molecule is C=C(N)C1=C(O)[C@@]2(O)C(=O)C3=C(O)c4c(N=O)ccc(-c5ccc(C=O)c6ccccc56)c4[C@H](C)[C@H]3[C@H](O)[C@H]2CC1=O. The third-order valence-electron chi connectivity index (χ3n) is 9.03. The Hall–Kier alpha value is -4.93. The van der Waals surface area contributed by atoms with Crippen molar-refractivity contribution in [2.75, 3.05) is 0 Å². The van der Waals surface area contributed by atoms with E-state index < -0.39 is 70.1 Å². The normalized spacial score (nSPS) is 26.9. The van der Waals surface area contributed by atoms with Crippen LogP contribution >= 0.6 is 0 Å². The summed E-state index contributed by atoms with van der Waals surface area (Å²) >= 11 is 0. The number of carbonyl (C=O) groups excluding carboxylic acids is 3. The summed E-state index contributed by atoms with van der Waals surface area (Å²) in [5.41, 5.74) is 3.52. The fourth-order valence-electron chi connectivity index (χ4n) is 7.13. The highest BCUT2D eigenvalue weighted by Crippen LogP contribution is 2.57. The molecule has 0 amide bonds. The van der Waals surface area contributed by atoms with E-state index in [-0.39, 0.29) is 16.9 Å². The lowest BCUT2D eigenvalue weighted by Crippen LogP contribution is -2.63. The van der Waals surface area contributed by atoms with Gasteiger partial charge in [0.25, 0.3) is 0 Å². The molecule has 212 valence electrons. The van der Waals surface area contributed by atoms with Crippen molar-refractivity contribution in [1.82, 2.24) is 0 Å². The minimum Gasteiger partial charge on any atom is -0.508 e. The Morgan fingerprint density at radius 1 is 1.07 bits per heavy atom. The Kier molecular flexibility index (Phi) is 6.03. The summed E-state index contributed by atoms with van der Waals surface area (Å²) in [5.74, 6) is -6.85. The number of hydrogen-bond acceptors (Lipinski definition) is 10. The van der Waals surface area contributed by atoms with Crippen molar-refractivity contribution in [2.45, 2.75) is 31.0 Å². The molecule has 42 heavy (non-hydrogen) atoms. The molecule has 0 heterocycles. The van der Waals surface area contributed by atoms with Crippen LogP contribution in [-0.2, 0) is 9.59 Å². The van der Waals surface area contributed by atoms with Crippen LogP contribution in [0.3, 0.4) is 0 Å². The first kappa shape index (κ1) is 27.3. The van der Waals surface area contributed by atoms with Gasteiger partial charge in [-0.05, 0) is 44.6 Å². The highest BCUT2D eigenvalue weighted by molar-refractivity contribution is 6.15. The minimum atomic E-state index is -2.77. The van der Waals surface area contributed by atoms with Crippen molar-refractivity contribution in [3.63, 3.8) is 0 Å². The lowest BCUT2D eigenvalue weighted by Gasteiger charge is -2.50. The number of fused-ring (bicyclic) bond motifs is 4. The first-order valence-electron chi connectivity index (χ1n) is 13.3. The van der Waals surface area contributed by atoms with Crippen LogP contribution in [0.2, 0.25) is 0 Å². The molecule has 6 rings (SSSR count). The van der Waals surface area contributed by atoms with Crippen molar-refractivity contribution in [3.05, 3.63) is 99.3 Å². The number of hydrogen-bond donors (Lipinski definition) is 5. The van der Waals surface area contributed by atoms with Crippen LogP contribution in [0.25, 0.3) is 27.7 Å². The third kappa shape index (κ3) is 3.36. The summed E-state index contributed by atoms with van der Waals surface area (Å²) in [6, 6.07) is 13.7. The van der Waals surface area contributed by atoms with E-state index in [4.69, 9.17) is 5.73 Å². The van der Waals surface area contributed by atoms with Crippen molar-refractivity contribution in [2.24, 2.45) is 22.7 Å². The lowest BCUT2D eigenvalue weighted by molar-refractivity contribution is -0.160. The summed E-state index contributed by atoms with van der Waals surface area (Å²) in [4.78, 5) is 50.6. The number of nitrogens with zero attached hydrogens (tertiary/aromatic N) is 1. The molecule has 6 N–H and O–H groups in total. The number of Topliss-reactive ketones (excluding diaryl/α,β-unsaturated/α-hetero) is 2. The van der Waals surface area contributed by atoms with Gasteiger partial charge in [-0.3, -0.25) is 14.4 Å². The third-order valence-corrected chi connectivity index (χ3v) is 9.03. The molecule has 1 fully saturated rings. The molecule has 0 spiro atoms. The second kappa shape index (κ2) is 9.30. The minimum absolute atomic E-state index is 0.0498. The van der Waals surface area contributed by atoms with E-state index in [1.165, 1.54) is 6.07 Å². The van der Waals surface area contributed by atoms with Gasteiger partial charge in [0.05, 0.1) is 17.2 Å². The molecule has 10 heteroatoms. The number of carbonyl (C=O) groups is 3. The van der Waals surface area contributed by atoms with E-state index in [1.54, 1.807) is 37.3 Å². The average molecular weight is 567 g/mol. The van der Waals surface area contributed by atoms with Crippen LogP contribution in [0.4, 0.5) is 5.69 Å². The van der Waals surface area contributed by atoms with Gasteiger partial charge in [0.1, 0.15) is 17.2 Å². The maximum Gasteiger partial charge on any atom is 0.202 e. The maximum atomic E-state index is 14.0. The Balaban J connectivity index is 1.66. The number of aliphatic hydroxyl groups is 4. The number of nitroso groups, excluding NO2 is 1. The second-order valence-corrected chi connectivity index (χ2v) is 11.0. The molecule has 0 saturated heterocycles. The highest BCUT2D eigenvalue weighted by Gasteiger charge is 2.64. The first-order chi connectivity index (χ1) is 20.0. The predicted octanol–water partition coefficient (Wildman–Crippen LogP) is 4.27. The van der Waals surface area contributed by atoms with E-state index in [2.05, 4.69) is 11.8 Å². The van der Waals surface area contributed by atoms with E-state index >= 15 is 0 Å². The molecule has 1 saturated carbocycles. The Labute approximate surface area is 239 Å². The van der Waals surface area contributed by atoms with E-state index in [9.17, 15) is 39.7 Å². The number of allylic oxidation sites excluding steroid dienone is 1. The summed E-state index contributed by atoms with van der Waals surface area (Å²) in [5, 5.41) is 50.4. The van der Waals surface area contributed by atoms with Gasteiger partial charge in [-0.2, -0.15) is 0 Å². The molecule has 0 radical (unpaired) electrons. The van der Waals surface area contributed by atoms with E-state index in [0.29, 0.717) is 27.6 Å². The topological polar surface area (TPSA) is 188 Å². The monoisotopic (exact) mass is 566 g/mol. The molecular formula is C32H26N2O8. The van der Waals surface area contributed by atoms with Gasteiger partial charge >= 0.3 is 0 Å². The fourth-order valence-corrected chi connectivity index (χ4v) is 7.13. The molecule has 3 aliphatic carbocycles. The van der Waals surface area contributed by atoms with Gasteiger partial charge in [-0.15, -0.1) is 4.91 Å². The number of benzene rings is 3. The summed E-state index contributed by atoms with van der Waals surface area (Å²) in [6.07, 6.45) is -1.35. The van der Waals surface area contributed by atoms with Crippen LogP contribution in [0.1, 0.15) is 40.7 Å². The van der Waals surface area contributed by atoms with Gasteiger partial charge in [-0.25, -0.2) is 0 Å². The molecule has 0 aliphatic heterocycles. The van der Waals surface area contributed by atoms with Gasteiger partial charge in [0.2, 0.25) is 5.78 Å². The molecule has 0 aromatic heterocycles. The zero-order chi connectivity index (χ0) is 30.2. The molecule has 5 atom stereocenters. The molecule has 10 nitrogen and oxygen atoms in total. The van der Waals surface area contributed by atoms with Crippen molar-refractivity contribution >= 4 is 40.1 Å². The van der Waals surface area contributed by atoms with Crippen LogP contribution in [-0.4, -0.2) is 50.0 Å². The Morgan fingerprint density at radius 3 is 2.38 bits per heavy atom. The maximum absolute atomic E-state index is 14.0.